The van der Waals surface area contributed by atoms with Gasteiger partial charge in [0.1, 0.15) is 0 Å². The van der Waals surface area contributed by atoms with Crippen molar-refractivity contribution < 1.29 is 9.47 Å². The average molecular weight is 490 g/mol. The van der Waals surface area contributed by atoms with Crippen molar-refractivity contribution in [3.05, 3.63) is 30.3 Å². The minimum absolute atomic E-state index is 0. The Kier molecular flexibility index (Phi) is 13.3. The number of nitrogens with zero attached hydrogens (tertiary/aromatic N) is 3. The van der Waals surface area contributed by atoms with Crippen LogP contribution >= 0.6 is 24.0 Å². The Balaban J connectivity index is 0.00000364. The largest absolute Gasteiger partial charge is 0.379 e. The van der Waals surface area contributed by atoms with Gasteiger partial charge in [-0.3, -0.25) is 4.99 Å². The number of hydrogen-bond donors (Lipinski definition) is 1. The predicted octanol–water partition coefficient (Wildman–Crippen LogP) is 2.84. The number of ether oxygens (including phenoxy) is 2. The van der Waals surface area contributed by atoms with Gasteiger partial charge < -0.3 is 24.6 Å². The molecule has 0 saturated carbocycles. The average Bonchev–Trinajstić information content (AvgIpc) is 2.70. The van der Waals surface area contributed by atoms with Gasteiger partial charge in [0, 0.05) is 52.1 Å². The molecule has 1 saturated heterocycles. The molecule has 0 radical (unpaired) electrons. The third-order valence-corrected chi connectivity index (χ3v) is 4.46. The number of anilines is 1. The van der Waals surface area contributed by atoms with E-state index < -0.39 is 0 Å². The molecule has 1 N–H and O–H groups in total. The maximum Gasteiger partial charge on any atom is 0.193 e. The van der Waals surface area contributed by atoms with Crippen molar-refractivity contribution in [3.63, 3.8) is 0 Å². The zero-order valence-electron chi connectivity index (χ0n) is 16.7. The second-order valence-corrected chi connectivity index (χ2v) is 6.36. The maximum atomic E-state index is 5.60. The molecule has 0 bridgehead atoms. The lowest BCUT2D eigenvalue weighted by atomic mass is 10.2. The summed E-state index contributed by atoms with van der Waals surface area (Å²) in [4.78, 5) is 9.14. The number of rotatable bonds is 10. The zero-order chi connectivity index (χ0) is 18.5. The summed E-state index contributed by atoms with van der Waals surface area (Å²) in [6.07, 6.45) is 2.29. The van der Waals surface area contributed by atoms with Crippen LogP contribution in [0.15, 0.2) is 35.3 Å². The molecule has 0 unspecified atom stereocenters. The van der Waals surface area contributed by atoms with Crippen molar-refractivity contribution >= 4 is 35.6 Å². The first-order valence-electron chi connectivity index (χ1n) is 9.76. The van der Waals surface area contributed by atoms with Crippen molar-refractivity contribution in [1.29, 1.82) is 0 Å². The van der Waals surface area contributed by atoms with Crippen LogP contribution in [0.25, 0.3) is 0 Å². The molecule has 1 aliphatic rings. The molecule has 0 aromatic heterocycles. The normalized spacial score (nSPS) is 14.8. The van der Waals surface area contributed by atoms with Gasteiger partial charge in [-0.05, 0) is 18.6 Å². The molecule has 154 valence electrons. The number of nitrogens with one attached hydrogen (secondary N) is 1. The number of unbranched alkanes of at least 4 members (excludes halogenated alkanes) is 1. The summed E-state index contributed by atoms with van der Waals surface area (Å²) in [5.74, 6) is 0.959. The molecule has 2 rings (SSSR count). The first-order valence-corrected chi connectivity index (χ1v) is 9.76. The Bertz CT molecular complexity index is 508. The molecule has 1 aromatic rings. The fourth-order valence-electron chi connectivity index (χ4n) is 2.95. The standard InChI is InChI=1S/C20H34N4O2.HI/c1-3-4-15-25-17-18-26-16-10-22-20(21-2)24-13-11-23(12-14-24)19-8-6-5-7-9-19;/h5-9H,3-4,10-18H2,1-2H3,(H,21,22);1H. The van der Waals surface area contributed by atoms with Crippen LogP contribution in [0.2, 0.25) is 0 Å². The number of para-hydroxylation sites is 1. The van der Waals surface area contributed by atoms with E-state index in [1.54, 1.807) is 0 Å². The van der Waals surface area contributed by atoms with E-state index in [0.29, 0.717) is 19.8 Å². The highest BCUT2D eigenvalue weighted by Gasteiger charge is 2.19. The van der Waals surface area contributed by atoms with E-state index in [1.165, 1.54) is 12.1 Å². The summed E-state index contributed by atoms with van der Waals surface area (Å²) in [5.41, 5.74) is 1.30. The van der Waals surface area contributed by atoms with Crippen molar-refractivity contribution in [3.8, 4) is 0 Å². The lowest BCUT2D eigenvalue weighted by Gasteiger charge is -2.37. The summed E-state index contributed by atoms with van der Waals surface area (Å²) >= 11 is 0. The molecule has 0 atom stereocenters. The van der Waals surface area contributed by atoms with Crippen molar-refractivity contribution in [2.45, 2.75) is 19.8 Å². The minimum atomic E-state index is 0. The van der Waals surface area contributed by atoms with E-state index in [9.17, 15) is 0 Å². The first kappa shape index (κ1) is 24.0. The van der Waals surface area contributed by atoms with Gasteiger partial charge in [0.2, 0.25) is 0 Å². The van der Waals surface area contributed by atoms with Crippen LogP contribution in [0.5, 0.6) is 0 Å². The van der Waals surface area contributed by atoms with Gasteiger partial charge >= 0.3 is 0 Å². The third kappa shape index (κ3) is 9.12. The monoisotopic (exact) mass is 490 g/mol. The van der Waals surface area contributed by atoms with Crippen molar-refractivity contribution in [2.75, 3.05) is 71.1 Å². The molecule has 0 amide bonds. The lowest BCUT2D eigenvalue weighted by molar-refractivity contribution is 0.0486. The van der Waals surface area contributed by atoms with Gasteiger partial charge in [-0.15, -0.1) is 24.0 Å². The van der Waals surface area contributed by atoms with Crippen LogP contribution in [0.1, 0.15) is 19.8 Å². The number of halogens is 1. The molecule has 6 nitrogen and oxygen atoms in total. The zero-order valence-corrected chi connectivity index (χ0v) is 19.1. The Labute approximate surface area is 181 Å². The highest BCUT2D eigenvalue weighted by atomic mass is 127. The molecule has 1 fully saturated rings. The Morgan fingerprint density at radius 1 is 1.00 bits per heavy atom. The van der Waals surface area contributed by atoms with E-state index in [1.807, 2.05) is 7.05 Å². The van der Waals surface area contributed by atoms with Gasteiger partial charge in [0.25, 0.3) is 0 Å². The topological polar surface area (TPSA) is 49.3 Å². The van der Waals surface area contributed by atoms with Crippen LogP contribution in [-0.2, 0) is 9.47 Å². The molecule has 7 heteroatoms. The molecule has 1 heterocycles. The number of hydrogen-bond acceptors (Lipinski definition) is 4. The summed E-state index contributed by atoms with van der Waals surface area (Å²) in [6, 6.07) is 10.6. The van der Waals surface area contributed by atoms with E-state index >= 15 is 0 Å². The van der Waals surface area contributed by atoms with Crippen molar-refractivity contribution in [2.24, 2.45) is 4.99 Å². The van der Waals surface area contributed by atoms with E-state index in [-0.39, 0.29) is 24.0 Å². The molecule has 1 aromatic carbocycles. The van der Waals surface area contributed by atoms with Crippen LogP contribution < -0.4 is 10.2 Å². The van der Waals surface area contributed by atoms with Gasteiger partial charge in [0.15, 0.2) is 5.96 Å². The molecular weight excluding hydrogens is 455 g/mol. The summed E-state index contributed by atoms with van der Waals surface area (Å²) in [7, 11) is 1.84. The Morgan fingerprint density at radius 2 is 1.67 bits per heavy atom. The van der Waals surface area contributed by atoms with Gasteiger partial charge in [-0.2, -0.15) is 0 Å². The number of piperazine rings is 1. The molecule has 1 aliphatic heterocycles. The summed E-state index contributed by atoms with van der Waals surface area (Å²) < 4.78 is 11.1. The third-order valence-electron chi connectivity index (χ3n) is 4.46. The summed E-state index contributed by atoms with van der Waals surface area (Å²) in [6.45, 7) is 9.73. The number of aliphatic imine (C=N–C) groups is 1. The van der Waals surface area contributed by atoms with Gasteiger partial charge in [-0.25, -0.2) is 0 Å². The molecule has 0 spiro atoms. The fourth-order valence-corrected chi connectivity index (χ4v) is 2.95. The molecular formula is C20H35IN4O2. The van der Waals surface area contributed by atoms with Crippen LogP contribution in [-0.4, -0.2) is 77.1 Å². The predicted molar refractivity (Wildman–Crippen MR) is 124 cm³/mol. The minimum Gasteiger partial charge on any atom is -0.379 e. The van der Waals surface area contributed by atoms with Gasteiger partial charge in [-0.1, -0.05) is 31.5 Å². The Morgan fingerprint density at radius 3 is 2.30 bits per heavy atom. The smallest absolute Gasteiger partial charge is 0.193 e. The van der Waals surface area contributed by atoms with E-state index in [2.05, 4.69) is 57.4 Å². The molecule has 0 aliphatic carbocycles. The first-order chi connectivity index (χ1) is 12.8. The quantitative estimate of drug-likeness (QED) is 0.237. The van der Waals surface area contributed by atoms with Crippen LogP contribution in [0.3, 0.4) is 0 Å². The summed E-state index contributed by atoms with van der Waals surface area (Å²) in [5, 5.41) is 3.40. The van der Waals surface area contributed by atoms with E-state index in [0.717, 1.165) is 51.7 Å². The number of guanidine groups is 1. The second kappa shape index (κ2) is 14.9. The van der Waals surface area contributed by atoms with Crippen LogP contribution in [0, 0.1) is 0 Å². The second-order valence-electron chi connectivity index (χ2n) is 6.36. The van der Waals surface area contributed by atoms with Gasteiger partial charge in [0.05, 0.1) is 19.8 Å². The van der Waals surface area contributed by atoms with E-state index in [4.69, 9.17) is 9.47 Å². The maximum absolute atomic E-state index is 5.60. The molecule has 27 heavy (non-hydrogen) atoms. The van der Waals surface area contributed by atoms with Crippen LogP contribution in [0.4, 0.5) is 5.69 Å². The highest BCUT2D eigenvalue weighted by molar-refractivity contribution is 14.0. The fraction of sp³-hybridized carbons (Fsp3) is 0.650. The van der Waals surface area contributed by atoms with Crippen molar-refractivity contribution in [1.82, 2.24) is 10.2 Å². The number of benzene rings is 1. The Hall–Kier alpha value is -1.06. The SMILES string of the molecule is CCCCOCCOCCNC(=NC)N1CCN(c2ccccc2)CC1.I. The lowest BCUT2D eigenvalue weighted by Crippen LogP contribution is -2.53. The highest BCUT2D eigenvalue weighted by Crippen LogP contribution is 2.15.